The summed E-state index contributed by atoms with van der Waals surface area (Å²) in [5.74, 6) is 0. The molecule has 2 nitrogen and oxygen atoms in total. The molecule has 0 aliphatic heterocycles. The van der Waals surface area contributed by atoms with Crippen LogP contribution in [0.3, 0.4) is 0 Å². The highest BCUT2D eigenvalue weighted by Crippen LogP contribution is 2.11. The van der Waals surface area contributed by atoms with Crippen molar-refractivity contribution in [2.24, 2.45) is 0 Å². The van der Waals surface area contributed by atoms with Crippen LogP contribution in [-0.2, 0) is 6.54 Å². The van der Waals surface area contributed by atoms with E-state index in [-0.39, 0.29) is 0 Å². The van der Waals surface area contributed by atoms with Crippen LogP contribution in [0.1, 0.15) is 25.8 Å². The van der Waals surface area contributed by atoms with Gasteiger partial charge in [-0.25, -0.2) is 0 Å². The van der Waals surface area contributed by atoms with Gasteiger partial charge in [-0.2, -0.15) is 0 Å². The van der Waals surface area contributed by atoms with E-state index >= 15 is 0 Å². The second kappa shape index (κ2) is 5.64. The molecule has 0 heterocycles. The van der Waals surface area contributed by atoms with E-state index in [9.17, 15) is 5.11 Å². The quantitative estimate of drug-likeness (QED) is 0.808. The van der Waals surface area contributed by atoms with Gasteiger partial charge in [0.1, 0.15) is 0 Å². The molecule has 0 aliphatic rings. The fraction of sp³-hybridized carbons (Fsp3) is 0.500. The number of benzene rings is 1. The molecule has 0 aromatic heterocycles. The zero-order valence-electron chi connectivity index (χ0n) is 9.26. The first kappa shape index (κ1) is 12.7. The van der Waals surface area contributed by atoms with Crippen molar-refractivity contribution in [3.05, 3.63) is 34.3 Å². The van der Waals surface area contributed by atoms with Crippen LogP contribution >= 0.6 is 15.9 Å². The minimum absolute atomic E-state index is 0.579. The van der Waals surface area contributed by atoms with Crippen LogP contribution in [0.5, 0.6) is 0 Å². The predicted molar refractivity (Wildman–Crippen MR) is 66.8 cm³/mol. The molecule has 0 radical (unpaired) electrons. The van der Waals surface area contributed by atoms with Crippen LogP contribution < -0.4 is 5.32 Å². The van der Waals surface area contributed by atoms with Crippen LogP contribution in [0.2, 0.25) is 0 Å². The predicted octanol–water partition coefficient (Wildman–Crippen LogP) is 2.70. The van der Waals surface area contributed by atoms with Gasteiger partial charge in [0.25, 0.3) is 0 Å². The van der Waals surface area contributed by atoms with E-state index in [1.165, 1.54) is 5.56 Å². The normalized spacial score (nSPS) is 11.7. The lowest BCUT2D eigenvalue weighted by Gasteiger charge is -2.16. The fourth-order valence-electron chi connectivity index (χ4n) is 1.27. The van der Waals surface area contributed by atoms with E-state index in [2.05, 4.69) is 33.4 Å². The van der Waals surface area contributed by atoms with Gasteiger partial charge in [0.05, 0.1) is 5.60 Å². The van der Waals surface area contributed by atoms with E-state index < -0.39 is 5.60 Å². The Balaban J connectivity index is 2.26. The average Bonchev–Trinajstić information content (AvgIpc) is 2.11. The Labute approximate surface area is 99.8 Å². The lowest BCUT2D eigenvalue weighted by atomic mass is 10.1. The molecule has 2 N–H and O–H groups in total. The summed E-state index contributed by atoms with van der Waals surface area (Å²) in [4.78, 5) is 0. The first-order valence-electron chi connectivity index (χ1n) is 5.15. The van der Waals surface area contributed by atoms with Gasteiger partial charge < -0.3 is 10.4 Å². The highest BCUT2D eigenvalue weighted by atomic mass is 79.9. The monoisotopic (exact) mass is 271 g/mol. The maximum atomic E-state index is 9.51. The standard InChI is InChI=1S/C12H18BrNO/c1-12(2,15)6-7-14-9-10-4-3-5-11(13)8-10/h3-5,8,14-15H,6-7,9H2,1-2H3. The van der Waals surface area contributed by atoms with Crippen LogP contribution in [0.4, 0.5) is 0 Å². The van der Waals surface area contributed by atoms with E-state index in [0.717, 1.165) is 24.0 Å². The molecule has 1 aromatic rings. The van der Waals surface area contributed by atoms with Gasteiger partial charge in [-0.05, 0) is 44.5 Å². The van der Waals surface area contributed by atoms with Crippen LogP contribution in [0.15, 0.2) is 28.7 Å². The molecule has 1 aromatic carbocycles. The van der Waals surface area contributed by atoms with Crippen molar-refractivity contribution in [1.29, 1.82) is 0 Å². The van der Waals surface area contributed by atoms with Gasteiger partial charge >= 0.3 is 0 Å². The highest BCUT2D eigenvalue weighted by Gasteiger charge is 2.10. The maximum Gasteiger partial charge on any atom is 0.0603 e. The molecule has 0 unspecified atom stereocenters. The fourth-order valence-corrected chi connectivity index (χ4v) is 1.72. The maximum absolute atomic E-state index is 9.51. The summed E-state index contributed by atoms with van der Waals surface area (Å²) in [5.41, 5.74) is 0.671. The molecule has 3 heteroatoms. The number of aliphatic hydroxyl groups is 1. The third-order valence-electron chi connectivity index (χ3n) is 2.13. The first-order valence-corrected chi connectivity index (χ1v) is 5.94. The van der Waals surface area contributed by atoms with E-state index in [1.54, 1.807) is 0 Å². The Hall–Kier alpha value is -0.380. The summed E-state index contributed by atoms with van der Waals surface area (Å²) in [7, 11) is 0. The third kappa shape index (κ3) is 5.92. The number of nitrogens with one attached hydrogen (secondary N) is 1. The molecule has 0 aliphatic carbocycles. The SMILES string of the molecule is CC(C)(O)CCNCc1cccc(Br)c1. The van der Waals surface area contributed by atoms with Crippen molar-refractivity contribution >= 4 is 15.9 Å². The van der Waals surface area contributed by atoms with Crippen molar-refractivity contribution < 1.29 is 5.11 Å². The number of hydrogen-bond acceptors (Lipinski definition) is 2. The Bertz CT molecular complexity index is 307. The lowest BCUT2D eigenvalue weighted by Crippen LogP contribution is -2.26. The molecule has 0 saturated heterocycles. The molecule has 84 valence electrons. The van der Waals surface area contributed by atoms with Gasteiger partial charge in [0, 0.05) is 11.0 Å². The minimum Gasteiger partial charge on any atom is -0.390 e. The van der Waals surface area contributed by atoms with Crippen LogP contribution in [-0.4, -0.2) is 17.3 Å². The number of rotatable bonds is 5. The van der Waals surface area contributed by atoms with Gasteiger partial charge in [-0.15, -0.1) is 0 Å². The lowest BCUT2D eigenvalue weighted by molar-refractivity contribution is 0.0711. The average molecular weight is 272 g/mol. The summed E-state index contributed by atoms with van der Waals surface area (Å²) in [6.07, 6.45) is 0.765. The Morgan fingerprint density at radius 2 is 2.13 bits per heavy atom. The summed E-state index contributed by atoms with van der Waals surface area (Å²) in [6.45, 7) is 5.33. The van der Waals surface area contributed by atoms with Crippen molar-refractivity contribution in [2.45, 2.75) is 32.4 Å². The second-order valence-electron chi connectivity index (χ2n) is 4.37. The summed E-state index contributed by atoms with van der Waals surface area (Å²) < 4.78 is 1.10. The topological polar surface area (TPSA) is 32.3 Å². The zero-order chi connectivity index (χ0) is 11.3. The summed E-state index contributed by atoms with van der Waals surface area (Å²) >= 11 is 3.44. The first-order chi connectivity index (χ1) is 6.97. The van der Waals surface area contributed by atoms with Crippen LogP contribution in [0, 0.1) is 0 Å². The molecule has 0 saturated carbocycles. The molecule has 0 atom stereocenters. The largest absolute Gasteiger partial charge is 0.390 e. The number of hydrogen-bond donors (Lipinski definition) is 2. The molecule has 0 bridgehead atoms. The summed E-state index contributed by atoms with van der Waals surface area (Å²) in [5, 5.41) is 12.8. The highest BCUT2D eigenvalue weighted by molar-refractivity contribution is 9.10. The zero-order valence-corrected chi connectivity index (χ0v) is 10.8. The Kier molecular flexibility index (Phi) is 4.77. The second-order valence-corrected chi connectivity index (χ2v) is 5.28. The van der Waals surface area contributed by atoms with Gasteiger partial charge in [0.15, 0.2) is 0 Å². The van der Waals surface area contributed by atoms with Crippen molar-refractivity contribution in [1.82, 2.24) is 5.32 Å². The molecule has 1 rings (SSSR count). The van der Waals surface area contributed by atoms with Crippen molar-refractivity contribution in [2.75, 3.05) is 6.54 Å². The van der Waals surface area contributed by atoms with E-state index in [0.29, 0.717) is 0 Å². The third-order valence-corrected chi connectivity index (χ3v) is 2.62. The smallest absolute Gasteiger partial charge is 0.0603 e. The number of halogens is 1. The van der Waals surface area contributed by atoms with E-state index in [1.807, 2.05) is 26.0 Å². The molecular formula is C12H18BrNO. The molecule has 0 spiro atoms. The molecule has 15 heavy (non-hydrogen) atoms. The molecule has 0 fully saturated rings. The summed E-state index contributed by atoms with van der Waals surface area (Å²) in [6, 6.07) is 8.22. The van der Waals surface area contributed by atoms with Crippen molar-refractivity contribution in [3.8, 4) is 0 Å². The van der Waals surface area contributed by atoms with Crippen molar-refractivity contribution in [3.63, 3.8) is 0 Å². The van der Waals surface area contributed by atoms with Crippen LogP contribution in [0.25, 0.3) is 0 Å². The molecule has 0 amide bonds. The minimum atomic E-state index is -0.579. The Morgan fingerprint density at radius 1 is 1.40 bits per heavy atom. The van der Waals surface area contributed by atoms with Gasteiger partial charge in [0.2, 0.25) is 0 Å². The van der Waals surface area contributed by atoms with Gasteiger partial charge in [-0.1, -0.05) is 28.1 Å². The Morgan fingerprint density at radius 3 is 2.73 bits per heavy atom. The van der Waals surface area contributed by atoms with Gasteiger partial charge in [-0.3, -0.25) is 0 Å². The molecular weight excluding hydrogens is 254 g/mol. The van der Waals surface area contributed by atoms with E-state index in [4.69, 9.17) is 0 Å².